The molecule has 5 nitrogen and oxygen atoms in total. The fourth-order valence-corrected chi connectivity index (χ4v) is 3.14. The molecule has 1 atom stereocenters. The highest BCUT2D eigenvalue weighted by molar-refractivity contribution is 5.95. The van der Waals surface area contributed by atoms with Crippen molar-refractivity contribution in [3.05, 3.63) is 24.4 Å². The fourth-order valence-electron chi connectivity index (χ4n) is 3.14. The lowest BCUT2D eigenvalue weighted by atomic mass is 10.0. The maximum atomic E-state index is 11.4. The number of piperidine rings is 1. The maximum absolute atomic E-state index is 11.4. The third kappa shape index (κ3) is 2.00. The summed E-state index contributed by atoms with van der Waals surface area (Å²) in [5.74, 6) is 2.38. The molecule has 2 aliphatic heterocycles. The van der Waals surface area contributed by atoms with E-state index in [1.165, 1.54) is 0 Å². The molecule has 1 aromatic heterocycles. The number of nitrogens with zero attached hydrogens (tertiary/aromatic N) is 2. The minimum atomic E-state index is -0.0812. The van der Waals surface area contributed by atoms with E-state index in [-0.39, 0.29) is 12.8 Å². The molecule has 2 aromatic rings. The first-order valence-corrected chi connectivity index (χ1v) is 7.27. The van der Waals surface area contributed by atoms with Crippen molar-refractivity contribution >= 4 is 22.9 Å². The van der Waals surface area contributed by atoms with Gasteiger partial charge >= 0.3 is 0 Å². The van der Waals surface area contributed by atoms with Crippen LogP contribution in [0.3, 0.4) is 0 Å². The van der Waals surface area contributed by atoms with Crippen LogP contribution in [0.2, 0.25) is 0 Å². The van der Waals surface area contributed by atoms with Gasteiger partial charge in [0.15, 0.2) is 11.5 Å². The van der Waals surface area contributed by atoms with Gasteiger partial charge in [-0.25, -0.2) is 4.98 Å². The van der Waals surface area contributed by atoms with E-state index in [0.29, 0.717) is 0 Å². The van der Waals surface area contributed by atoms with Crippen LogP contribution < -0.4 is 14.4 Å². The standard InChI is InChI=1S/C16H16N2O3/c19-9-12-3-1-2-6-18(12)16-13-8-15-14(20-10-21-15)7-11(13)4-5-17-16/h4-5,7-9,12H,1-3,6,10H2. The van der Waals surface area contributed by atoms with E-state index in [0.717, 1.165) is 60.2 Å². The van der Waals surface area contributed by atoms with Crippen LogP contribution in [-0.2, 0) is 4.79 Å². The van der Waals surface area contributed by atoms with E-state index in [9.17, 15) is 4.79 Å². The van der Waals surface area contributed by atoms with Gasteiger partial charge in [-0.3, -0.25) is 0 Å². The van der Waals surface area contributed by atoms with Crippen molar-refractivity contribution in [2.24, 2.45) is 0 Å². The first kappa shape index (κ1) is 12.4. The number of ether oxygens (including phenoxy) is 2. The summed E-state index contributed by atoms with van der Waals surface area (Å²) < 4.78 is 10.9. The average Bonchev–Trinajstić information content (AvgIpc) is 2.99. The number of benzene rings is 1. The van der Waals surface area contributed by atoms with Gasteiger partial charge in [0.25, 0.3) is 0 Å². The first-order chi connectivity index (χ1) is 10.4. The Morgan fingerprint density at radius 1 is 1.24 bits per heavy atom. The maximum Gasteiger partial charge on any atom is 0.231 e. The van der Waals surface area contributed by atoms with Crippen LogP contribution in [0.15, 0.2) is 24.4 Å². The van der Waals surface area contributed by atoms with E-state index in [1.54, 1.807) is 6.20 Å². The second-order valence-corrected chi connectivity index (χ2v) is 5.45. The van der Waals surface area contributed by atoms with Gasteiger partial charge in [0.1, 0.15) is 12.1 Å². The molecule has 0 saturated carbocycles. The second-order valence-electron chi connectivity index (χ2n) is 5.45. The number of hydrogen-bond donors (Lipinski definition) is 0. The van der Waals surface area contributed by atoms with Gasteiger partial charge in [0.05, 0.1) is 6.04 Å². The molecule has 1 unspecified atom stereocenters. The van der Waals surface area contributed by atoms with Crippen LogP contribution in [0.4, 0.5) is 5.82 Å². The van der Waals surface area contributed by atoms with Crippen molar-refractivity contribution in [2.45, 2.75) is 25.3 Å². The summed E-state index contributed by atoms with van der Waals surface area (Å²) in [5, 5.41) is 2.06. The van der Waals surface area contributed by atoms with Crippen LogP contribution in [-0.4, -0.2) is 30.6 Å². The van der Waals surface area contributed by atoms with Crippen LogP contribution >= 0.6 is 0 Å². The zero-order valence-electron chi connectivity index (χ0n) is 11.6. The SMILES string of the molecule is O=CC1CCCCN1c1nccc2cc3c(cc12)OCO3. The predicted molar refractivity (Wildman–Crippen MR) is 78.9 cm³/mol. The number of aldehydes is 1. The zero-order chi connectivity index (χ0) is 14.2. The van der Waals surface area contributed by atoms with Crippen LogP contribution in [0.5, 0.6) is 11.5 Å². The highest BCUT2D eigenvalue weighted by Gasteiger charge is 2.25. The summed E-state index contributed by atoms with van der Waals surface area (Å²) >= 11 is 0. The largest absolute Gasteiger partial charge is 0.454 e. The molecule has 2 aliphatic rings. The number of rotatable bonds is 2. The van der Waals surface area contributed by atoms with Crippen molar-refractivity contribution in [2.75, 3.05) is 18.2 Å². The summed E-state index contributed by atoms with van der Waals surface area (Å²) in [6.07, 6.45) is 5.90. The van der Waals surface area contributed by atoms with Gasteiger partial charge in [-0.2, -0.15) is 0 Å². The number of anilines is 1. The molecule has 1 aromatic carbocycles. The first-order valence-electron chi connectivity index (χ1n) is 7.27. The van der Waals surface area contributed by atoms with E-state index in [4.69, 9.17) is 9.47 Å². The van der Waals surface area contributed by atoms with E-state index >= 15 is 0 Å². The molecule has 108 valence electrons. The minimum Gasteiger partial charge on any atom is -0.454 e. The van der Waals surface area contributed by atoms with Crippen molar-refractivity contribution < 1.29 is 14.3 Å². The van der Waals surface area contributed by atoms with Crippen LogP contribution in [0.1, 0.15) is 19.3 Å². The molecule has 0 N–H and O–H groups in total. The van der Waals surface area contributed by atoms with Crippen molar-refractivity contribution in [1.29, 1.82) is 0 Å². The molecule has 1 saturated heterocycles. The third-order valence-electron chi connectivity index (χ3n) is 4.21. The molecule has 0 aliphatic carbocycles. The Morgan fingerprint density at radius 3 is 2.95 bits per heavy atom. The molecule has 0 radical (unpaired) electrons. The Labute approximate surface area is 122 Å². The zero-order valence-corrected chi connectivity index (χ0v) is 11.6. The number of carbonyl (C=O) groups excluding carboxylic acids is 1. The predicted octanol–water partition coefficient (Wildman–Crippen LogP) is 2.52. The van der Waals surface area contributed by atoms with E-state index < -0.39 is 0 Å². The topological polar surface area (TPSA) is 51.7 Å². The third-order valence-corrected chi connectivity index (χ3v) is 4.21. The van der Waals surface area contributed by atoms with Crippen LogP contribution in [0.25, 0.3) is 10.8 Å². The summed E-state index contributed by atoms with van der Waals surface area (Å²) in [6.45, 7) is 1.12. The van der Waals surface area contributed by atoms with Gasteiger partial charge in [-0.05, 0) is 42.8 Å². The summed E-state index contributed by atoms with van der Waals surface area (Å²) in [4.78, 5) is 18.0. The molecule has 4 rings (SSSR count). The molecule has 1 fully saturated rings. The van der Waals surface area contributed by atoms with Gasteiger partial charge in [-0.15, -0.1) is 0 Å². The fraction of sp³-hybridized carbons (Fsp3) is 0.375. The van der Waals surface area contributed by atoms with Crippen molar-refractivity contribution in [1.82, 2.24) is 4.98 Å². The molecule has 0 amide bonds. The Balaban J connectivity index is 1.86. The lowest BCUT2D eigenvalue weighted by Crippen LogP contribution is -2.41. The molecule has 5 heteroatoms. The highest BCUT2D eigenvalue weighted by atomic mass is 16.7. The molecule has 0 spiro atoms. The van der Waals surface area contributed by atoms with E-state index in [2.05, 4.69) is 9.88 Å². The Kier molecular flexibility index (Phi) is 2.91. The molecule has 3 heterocycles. The Bertz CT molecular complexity index is 701. The second kappa shape index (κ2) is 4.91. The van der Waals surface area contributed by atoms with Gasteiger partial charge < -0.3 is 19.2 Å². The Morgan fingerprint density at radius 2 is 2.10 bits per heavy atom. The summed E-state index contributed by atoms with van der Waals surface area (Å²) in [6, 6.07) is 5.82. The number of hydrogen-bond acceptors (Lipinski definition) is 5. The normalized spacial score (nSPS) is 20.8. The van der Waals surface area contributed by atoms with Gasteiger partial charge in [0, 0.05) is 18.1 Å². The highest BCUT2D eigenvalue weighted by Crippen LogP contribution is 2.39. The smallest absolute Gasteiger partial charge is 0.231 e. The van der Waals surface area contributed by atoms with Crippen molar-refractivity contribution in [3.8, 4) is 11.5 Å². The minimum absolute atomic E-state index is 0.0812. The summed E-state index contributed by atoms with van der Waals surface area (Å²) in [5.41, 5.74) is 0. The lowest BCUT2D eigenvalue weighted by molar-refractivity contribution is -0.109. The quantitative estimate of drug-likeness (QED) is 0.793. The molecule has 21 heavy (non-hydrogen) atoms. The number of aromatic nitrogens is 1. The van der Waals surface area contributed by atoms with Gasteiger partial charge in [-0.1, -0.05) is 0 Å². The van der Waals surface area contributed by atoms with Crippen molar-refractivity contribution in [3.63, 3.8) is 0 Å². The number of carbonyl (C=O) groups is 1. The van der Waals surface area contributed by atoms with Crippen LogP contribution in [0, 0.1) is 0 Å². The number of pyridine rings is 1. The summed E-state index contributed by atoms with van der Waals surface area (Å²) in [7, 11) is 0. The molecular weight excluding hydrogens is 268 g/mol. The average molecular weight is 284 g/mol. The van der Waals surface area contributed by atoms with E-state index in [1.807, 2.05) is 18.2 Å². The molecular formula is C16H16N2O3. The molecule has 0 bridgehead atoms. The lowest BCUT2D eigenvalue weighted by Gasteiger charge is -2.34. The Hall–Kier alpha value is -2.30. The number of fused-ring (bicyclic) bond motifs is 2. The monoisotopic (exact) mass is 284 g/mol. The van der Waals surface area contributed by atoms with Gasteiger partial charge in [0.2, 0.25) is 6.79 Å².